The Kier molecular flexibility index (Phi) is 4.16. The molecule has 0 radical (unpaired) electrons. The lowest BCUT2D eigenvalue weighted by molar-refractivity contribution is 0.0929. The predicted octanol–water partition coefficient (Wildman–Crippen LogP) is 1.42. The first-order valence-corrected chi connectivity index (χ1v) is 7.50. The van der Waals surface area contributed by atoms with E-state index in [4.69, 9.17) is 5.73 Å². The standard InChI is InChI=1S/C12H20N4OS/c1-3-16-11(10(13)8(2)15-16)12(17)14-9-5-4-6-18-7-9/h9H,3-7,13H2,1-2H3,(H,14,17). The molecule has 2 rings (SSSR count). The van der Waals surface area contributed by atoms with Gasteiger partial charge in [-0.15, -0.1) is 0 Å². The highest BCUT2D eigenvalue weighted by atomic mass is 32.2. The molecule has 0 aliphatic carbocycles. The van der Waals surface area contributed by atoms with Gasteiger partial charge in [-0.2, -0.15) is 16.9 Å². The second-order valence-corrected chi connectivity index (χ2v) is 5.70. The van der Waals surface area contributed by atoms with Gasteiger partial charge < -0.3 is 11.1 Å². The van der Waals surface area contributed by atoms with Gasteiger partial charge in [-0.3, -0.25) is 9.48 Å². The van der Waals surface area contributed by atoms with Crippen molar-refractivity contribution in [3.63, 3.8) is 0 Å². The Labute approximate surface area is 111 Å². The fraction of sp³-hybridized carbons (Fsp3) is 0.667. The van der Waals surface area contributed by atoms with E-state index in [0.29, 0.717) is 17.9 Å². The molecule has 100 valence electrons. The second kappa shape index (κ2) is 5.65. The largest absolute Gasteiger partial charge is 0.395 e. The fourth-order valence-electron chi connectivity index (χ4n) is 2.17. The summed E-state index contributed by atoms with van der Waals surface area (Å²) >= 11 is 1.89. The number of amides is 1. The molecule has 1 atom stereocenters. The van der Waals surface area contributed by atoms with Crippen LogP contribution in [0.4, 0.5) is 5.69 Å². The summed E-state index contributed by atoms with van der Waals surface area (Å²) in [5, 5.41) is 7.33. The number of aromatic nitrogens is 2. The topological polar surface area (TPSA) is 72.9 Å². The van der Waals surface area contributed by atoms with Gasteiger partial charge in [0.25, 0.3) is 5.91 Å². The molecule has 5 nitrogen and oxygen atoms in total. The van der Waals surface area contributed by atoms with Crippen LogP contribution in [0, 0.1) is 6.92 Å². The molecule has 0 bridgehead atoms. The highest BCUT2D eigenvalue weighted by Crippen LogP contribution is 2.20. The molecule has 18 heavy (non-hydrogen) atoms. The number of nitrogens with two attached hydrogens (primary N) is 1. The molecule has 1 aliphatic rings. The molecule has 6 heteroatoms. The Morgan fingerprint density at radius 3 is 3.06 bits per heavy atom. The minimum Gasteiger partial charge on any atom is -0.395 e. The minimum absolute atomic E-state index is 0.0950. The molecule has 1 aliphatic heterocycles. The van der Waals surface area contributed by atoms with E-state index in [1.54, 1.807) is 4.68 Å². The predicted molar refractivity (Wildman–Crippen MR) is 74.9 cm³/mol. The van der Waals surface area contributed by atoms with Crippen molar-refractivity contribution in [1.29, 1.82) is 0 Å². The van der Waals surface area contributed by atoms with Crippen LogP contribution in [0.1, 0.15) is 35.9 Å². The first-order chi connectivity index (χ1) is 8.63. The molecule has 1 amide bonds. The third-order valence-corrected chi connectivity index (χ3v) is 4.40. The fourth-order valence-corrected chi connectivity index (χ4v) is 3.24. The van der Waals surface area contributed by atoms with Crippen LogP contribution in [-0.2, 0) is 6.54 Å². The van der Waals surface area contributed by atoms with E-state index in [1.807, 2.05) is 25.6 Å². The van der Waals surface area contributed by atoms with E-state index in [-0.39, 0.29) is 11.9 Å². The summed E-state index contributed by atoms with van der Waals surface area (Å²) in [4.78, 5) is 12.3. The summed E-state index contributed by atoms with van der Waals surface area (Å²) in [7, 11) is 0. The van der Waals surface area contributed by atoms with Gasteiger partial charge in [-0.25, -0.2) is 0 Å². The van der Waals surface area contributed by atoms with Crippen molar-refractivity contribution < 1.29 is 4.79 Å². The van der Waals surface area contributed by atoms with Crippen molar-refractivity contribution in [1.82, 2.24) is 15.1 Å². The maximum absolute atomic E-state index is 12.3. The van der Waals surface area contributed by atoms with E-state index < -0.39 is 0 Å². The molecule has 1 fully saturated rings. The van der Waals surface area contributed by atoms with E-state index in [1.165, 1.54) is 5.75 Å². The second-order valence-electron chi connectivity index (χ2n) is 4.55. The first kappa shape index (κ1) is 13.3. The Balaban J connectivity index is 2.12. The van der Waals surface area contributed by atoms with Crippen LogP contribution in [-0.4, -0.2) is 33.2 Å². The number of nitrogens with one attached hydrogen (secondary N) is 1. The van der Waals surface area contributed by atoms with Gasteiger partial charge in [-0.05, 0) is 32.4 Å². The maximum Gasteiger partial charge on any atom is 0.271 e. The van der Waals surface area contributed by atoms with Gasteiger partial charge in [0.05, 0.1) is 11.4 Å². The summed E-state index contributed by atoms with van der Waals surface area (Å²) in [6.45, 7) is 4.44. The van der Waals surface area contributed by atoms with Crippen LogP contribution >= 0.6 is 11.8 Å². The summed E-state index contributed by atoms with van der Waals surface area (Å²) < 4.78 is 1.68. The van der Waals surface area contributed by atoms with Crippen LogP contribution < -0.4 is 11.1 Å². The number of rotatable bonds is 3. The number of carbonyl (C=O) groups excluding carboxylic acids is 1. The zero-order valence-electron chi connectivity index (χ0n) is 10.9. The normalized spacial score (nSPS) is 19.8. The first-order valence-electron chi connectivity index (χ1n) is 6.35. The summed E-state index contributed by atoms with van der Waals surface area (Å²) in [6, 6.07) is 0.260. The Morgan fingerprint density at radius 2 is 2.44 bits per heavy atom. The number of nitrogen functional groups attached to an aromatic ring is 1. The average Bonchev–Trinajstić information content (AvgIpc) is 2.66. The van der Waals surface area contributed by atoms with E-state index in [2.05, 4.69) is 10.4 Å². The van der Waals surface area contributed by atoms with E-state index in [9.17, 15) is 4.79 Å². The van der Waals surface area contributed by atoms with Gasteiger partial charge in [0.15, 0.2) is 0 Å². The van der Waals surface area contributed by atoms with E-state index in [0.717, 1.165) is 24.3 Å². The number of carbonyl (C=O) groups is 1. The monoisotopic (exact) mass is 268 g/mol. The maximum atomic E-state index is 12.3. The van der Waals surface area contributed by atoms with Gasteiger partial charge in [-0.1, -0.05) is 0 Å². The lowest BCUT2D eigenvalue weighted by Crippen LogP contribution is -2.39. The SMILES string of the molecule is CCn1nc(C)c(N)c1C(=O)NC1CCCSC1. The molecule has 0 aromatic carbocycles. The van der Waals surface area contributed by atoms with Crippen molar-refractivity contribution in [3.05, 3.63) is 11.4 Å². The number of anilines is 1. The van der Waals surface area contributed by atoms with Crippen LogP contribution in [0.25, 0.3) is 0 Å². The molecule has 1 aromatic heterocycles. The number of nitrogens with zero attached hydrogens (tertiary/aromatic N) is 2. The van der Waals surface area contributed by atoms with Gasteiger partial charge in [0, 0.05) is 18.3 Å². The molecule has 0 spiro atoms. The van der Waals surface area contributed by atoms with E-state index >= 15 is 0 Å². The van der Waals surface area contributed by atoms with Gasteiger partial charge >= 0.3 is 0 Å². The number of thioether (sulfide) groups is 1. The third kappa shape index (κ3) is 2.63. The molecule has 0 saturated carbocycles. The van der Waals surface area contributed by atoms with Crippen molar-refractivity contribution in [2.75, 3.05) is 17.2 Å². The lowest BCUT2D eigenvalue weighted by atomic mass is 10.2. The molecular formula is C12H20N4OS. The molecular weight excluding hydrogens is 248 g/mol. The third-order valence-electron chi connectivity index (χ3n) is 3.18. The number of hydrogen-bond donors (Lipinski definition) is 2. The zero-order valence-corrected chi connectivity index (χ0v) is 11.7. The number of hydrogen-bond acceptors (Lipinski definition) is 4. The summed E-state index contributed by atoms with van der Waals surface area (Å²) in [5.41, 5.74) is 7.66. The quantitative estimate of drug-likeness (QED) is 0.869. The molecule has 1 unspecified atom stereocenters. The van der Waals surface area contributed by atoms with Crippen molar-refractivity contribution in [2.24, 2.45) is 0 Å². The minimum atomic E-state index is -0.0950. The Morgan fingerprint density at radius 1 is 1.67 bits per heavy atom. The Hall–Kier alpha value is -1.17. The molecule has 1 aromatic rings. The zero-order chi connectivity index (χ0) is 13.1. The number of aryl methyl sites for hydroxylation is 2. The van der Waals surface area contributed by atoms with Gasteiger partial charge in [0.1, 0.15) is 5.69 Å². The van der Waals surface area contributed by atoms with Crippen LogP contribution in [0.2, 0.25) is 0 Å². The summed E-state index contributed by atoms with van der Waals surface area (Å²) in [5.74, 6) is 2.09. The van der Waals surface area contributed by atoms with Crippen molar-refractivity contribution in [3.8, 4) is 0 Å². The highest BCUT2D eigenvalue weighted by Gasteiger charge is 2.22. The molecule has 3 N–H and O–H groups in total. The van der Waals surface area contributed by atoms with Crippen molar-refractivity contribution >= 4 is 23.4 Å². The van der Waals surface area contributed by atoms with Crippen LogP contribution in [0.15, 0.2) is 0 Å². The van der Waals surface area contributed by atoms with Crippen LogP contribution in [0.5, 0.6) is 0 Å². The average molecular weight is 268 g/mol. The molecule has 2 heterocycles. The van der Waals surface area contributed by atoms with Crippen molar-refractivity contribution in [2.45, 2.75) is 39.3 Å². The van der Waals surface area contributed by atoms with Crippen LogP contribution in [0.3, 0.4) is 0 Å². The molecule has 1 saturated heterocycles. The smallest absolute Gasteiger partial charge is 0.271 e. The Bertz CT molecular complexity index is 438. The lowest BCUT2D eigenvalue weighted by Gasteiger charge is -2.22. The summed E-state index contributed by atoms with van der Waals surface area (Å²) in [6.07, 6.45) is 2.22. The van der Waals surface area contributed by atoms with Gasteiger partial charge in [0.2, 0.25) is 0 Å². The highest BCUT2D eigenvalue weighted by molar-refractivity contribution is 7.99.